The second-order valence-corrected chi connectivity index (χ2v) is 8.23. The monoisotopic (exact) mass is 496 g/mol. The fraction of sp³-hybridized carbons (Fsp3) is 0.611. The summed E-state index contributed by atoms with van der Waals surface area (Å²) in [4.78, 5) is 7.01. The normalized spacial score (nSPS) is 13.3. The van der Waals surface area contributed by atoms with Crippen LogP contribution in [0.25, 0.3) is 0 Å². The van der Waals surface area contributed by atoms with E-state index in [1.165, 1.54) is 6.26 Å². The van der Waals surface area contributed by atoms with E-state index in [4.69, 9.17) is 0 Å². The van der Waals surface area contributed by atoms with Gasteiger partial charge >= 0.3 is 0 Å². The minimum absolute atomic E-state index is 0. The van der Waals surface area contributed by atoms with Gasteiger partial charge in [0.2, 0.25) is 0 Å². The summed E-state index contributed by atoms with van der Waals surface area (Å²) in [5.41, 5.74) is 1.78. The van der Waals surface area contributed by atoms with Gasteiger partial charge in [-0.2, -0.15) is 0 Å². The van der Waals surface area contributed by atoms with Crippen molar-refractivity contribution in [2.75, 3.05) is 32.9 Å². The molecule has 0 bridgehead atoms. The van der Waals surface area contributed by atoms with Gasteiger partial charge in [-0.25, -0.2) is 8.42 Å². The maximum Gasteiger partial charge on any atom is 0.191 e. The Morgan fingerprint density at radius 2 is 1.85 bits per heavy atom. The van der Waals surface area contributed by atoms with Crippen LogP contribution in [-0.2, 0) is 16.4 Å². The number of guanidine groups is 1. The minimum Gasteiger partial charge on any atom is -0.355 e. The van der Waals surface area contributed by atoms with Crippen LogP contribution in [0.15, 0.2) is 28.1 Å². The van der Waals surface area contributed by atoms with Crippen molar-refractivity contribution in [2.24, 2.45) is 4.99 Å². The Kier molecular flexibility index (Phi) is 11.4. The van der Waals surface area contributed by atoms with E-state index in [2.05, 4.69) is 41.3 Å². The first-order valence-electron chi connectivity index (χ1n) is 8.71. The Bertz CT molecular complexity index is 688. The molecule has 0 aliphatic carbocycles. The molecule has 0 fully saturated rings. The summed E-state index contributed by atoms with van der Waals surface area (Å²) in [7, 11) is -1.43. The SMILES string of the molecule is CCN(CC)C(C)CNC(=NC)NCc1ccc(S(C)(=O)=O)c(C)c1.I. The third kappa shape index (κ3) is 7.79. The molecule has 2 N–H and O–H groups in total. The number of benzene rings is 1. The van der Waals surface area contributed by atoms with E-state index in [1.807, 2.05) is 19.1 Å². The summed E-state index contributed by atoms with van der Waals surface area (Å²) in [6, 6.07) is 5.82. The van der Waals surface area contributed by atoms with Crippen LogP contribution in [0.2, 0.25) is 0 Å². The third-order valence-corrected chi connectivity index (χ3v) is 5.58. The van der Waals surface area contributed by atoms with Gasteiger partial charge in [-0.3, -0.25) is 9.89 Å². The van der Waals surface area contributed by atoms with Crippen molar-refractivity contribution in [1.29, 1.82) is 0 Å². The standard InChI is InChI=1S/C18H32N4O2S.HI/c1-7-22(8-2)15(4)12-20-18(19-5)21-13-16-9-10-17(14(3)11-16)25(6,23)24;/h9-11,15H,7-8,12-13H2,1-6H3,(H2,19,20,21);1H. The largest absolute Gasteiger partial charge is 0.355 e. The Morgan fingerprint density at radius 1 is 1.23 bits per heavy atom. The van der Waals surface area contributed by atoms with Crippen LogP contribution in [0.1, 0.15) is 31.9 Å². The van der Waals surface area contributed by atoms with Crippen LogP contribution in [-0.4, -0.2) is 58.3 Å². The number of aliphatic imine (C=N–C) groups is 1. The zero-order valence-corrected chi connectivity index (χ0v) is 19.8. The van der Waals surface area contributed by atoms with E-state index in [1.54, 1.807) is 13.1 Å². The summed E-state index contributed by atoms with van der Waals surface area (Å²) < 4.78 is 23.4. The van der Waals surface area contributed by atoms with Crippen molar-refractivity contribution in [3.8, 4) is 0 Å². The molecule has 26 heavy (non-hydrogen) atoms. The lowest BCUT2D eigenvalue weighted by Crippen LogP contribution is -2.45. The van der Waals surface area contributed by atoms with E-state index < -0.39 is 9.84 Å². The summed E-state index contributed by atoms with van der Waals surface area (Å²) in [6.07, 6.45) is 1.23. The molecule has 0 aromatic heterocycles. The molecule has 0 spiro atoms. The van der Waals surface area contributed by atoms with Gasteiger partial charge in [-0.15, -0.1) is 24.0 Å². The second kappa shape index (κ2) is 11.8. The fourth-order valence-electron chi connectivity index (χ4n) is 2.86. The topological polar surface area (TPSA) is 73.8 Å². The highest BCUT2D eigenvalue weighted by Crippen LogP contribution is 2.16. The van der Waals surface area contributed by atoms with Crippen molar-refractivity contribution >= 4 is 39.8 Å². The van der Waals surface area contributed by atoms with Crippen LogP contribution in [0, 0.1) is 6.92 Å². The number of likely N-dealkylation sites (N-methyl/N-ethyl adjacent to an activating group) is 1. The molecule has 0 aliphatic rings. The number of nitrogens with one attached hydrogen (secondary N) is 2. The molecule has 0 aliphatic heterocycles. The zero-order valence-electron chi connectivity index (χ0n) is 16.7. The number of sulfone groups is 1. The number of aryl methyl sites for hydroxylation is 1. The fourth-order valence-corrected chi connectivity index (χ4v) is 3.82. The second-order valence-electron chi connectivity index (χ2n) is 6.25. The minimum atomic E-state index is -3.18. The molecule has 1 aromatic carbocycles. The lowest BCUT2D eigenvalue weighted by molar-refractivity contribution is 0.231. The maximum absolute atomic E-state index is 11.7. The van der Waals surface area contributed by atoms with Gasteiger partial charge in [-0.05, 0) is 44.1 Å². The average molecular weight is 496 g/mol. The first kappa shape index (κ1) is 25.1. The quantitative estimate of drug-likeness (QED) is 0.329. The highest BCUT2D eigenvalue weighted by Gasteiger charge is 2.12. The van der Waals surface area contributed by atoms with Gasteiger partial charge in [-0.1, -0.05) is 26.0 Å². The molecule has 6 nitrogen and oxygen atoms in total. The first-order chi connectivity index (χ1) is 11.7. The molecule has 0 heterocycles. The summed E-state index contributed by atoms with van der Waals surface area (Å²) in [6.45, 7) is 11.8. The van der Waals surface area contributed by atoms with Crippen LogP contribution < -0.4 is 10.6 Å². The van der Waals surface area contributed by atoms with E-state index in [0.29, 0.717) is 17.5 Å². The molecule has 1 aromatic rings. The lowest BCUT2D eigenvalue weighted by Gasteiger charge is -2.27. The van der Waals surface area contributed by atoms with Gasteiger partial charge in [0.05, 0.1) is 4.90 Å². The van der Waals surface area contributed by atoms with Crippen LogP contribution in [0.4, 0.5) is 0 Å². The summed E-state index contributed by atoms with van der Waals surface area (Å²) in [5, 5.41) is 6.61. The first-order valence-corrected chi connectivity index (χ1v) is 10.6. The van der Waals surface area contributed by atoms with Crippen molar-refractivity contribution in [2.45, 2.75) is 45.2 Å². The number of nitrogens with zero attached hydrogens (tertiary/aromatic N) is 2. The molecule has 0 radical (unpaired) electrons. The van der Waals surface area contributed by atoms with E-state index in [0.717, 1.165) is 36.7 Å². The number of halogens is 1. The maximum atomic E-state index is 11.7. The lowest BCUT2D eigenvalue weighted by atomic mass is 10.1. The molecule has 1 unspecified atom stereocenters. The summed E-state index contributed by atoms with van der Waals surface area (Å²) >= 11 is 0. The Labute approximate surface area is 175 Å². The van der Waals surface area contributed by atoms with E-state index in [-0.39, 0.29) is 24.0 Å². The van der Waals surface area contributed by atoms with Crippen LogP contribution in [0.3, 0.4) is 0 Å². The van der Waals surface area contributed by atoms with Gasteiger partial charge in [0, 0.05) is 32.4 Å². The van der Waals surface area contributed by atoms with Crippen LogP contribution in [0.5, 0.6) is 0 Å². The summed E-state index contributed by atoms with van der Waals surface area (Å²) in [5.74, 6) is 0.740. The van der Waals surface area contributed by atoms with E-state index in [9.17, 15) is 8.42 Å². The highest BCUT2D eigenvalue weighted by atomic mass is 127. The number of hydrogen-bond acceptors (Lipinski definition) is 4. The molecular formula is C18H33IN4O2S. The van der Waals surface area contributed by atoms with Crippen molar-refractivity contribution < 1.29 is 8.42 Å². The predicted octanol–water partition coefficient (Wildman–Crippen LogP) is 2.41. The number of hydrogen-bond donors (Lipinski definition) is 2. The smallest absolute Gasteiger partial charge is 0.191 e. The van der Waals surface area contributed by atoms with Gasteiger partial charge in [0.15, 0.2) is 15.8 Å². The predicted molar refractivity (Wildman–Crippen MR) is 120 cm³/mol. The highest BCUT2D eigenvalue weighted by molar-refractivity contribution is 14.0. The van der Waals surface area contributed by atoms with Crippen molar-refractivity contribution in [3.05, 3.63) is 29.3 Å². The Morgan fingerprint density at radius 3 is 2.31 bits per heavy atom. The molecule has 0 amide bonds. The molecule has 1 atom stereocenters. The van der Waals surface area contributed by atoms with Gasteiger partial charge in [0.1, 0.15) is 0 Å². The molecule has 1 rings (SSSR count). The molecule has 0 saturated heterocycles. The van der Waals surface area contributed by atoms with Gasteiger partial charge < -0.3 is 10.6 Å². The Balaban J connectivity index is 0.00000625. The molecular weight excluding hydrogens is 463 g/mol. The van der Waals surface area contributed by atoms with E-state index >= 15 is 0 Å². The molecule has 8 heteroatoms. The Hall–Kier alpha value is -0.870. The average Bonchev–Trinajstić information content (AvgIpc) is 2.55. The zero-order chi connectivity index (χ0) is 19.0. The molecule has 0 saturated carbocycles. The third-order valence-electron chi connectivity index (χ3n) is 4.32. The van der Waals surface area contributed by atoms with Crippen LogP contribution >= 0.6 is 24.0 Å². The van der Waals surface area contributed by atoms with Crippen molar-refractivity contribution in [1.82, 2.24) is 15.5 Å². The van der Waals surface area contributed by atoms with Gasteiger partial charge in [0.25, 0.3) is 0 Å². The van der Waals surface area contributed by atoms with Crippen molar-refractivity contribution in [3.63, 3.8) is 0 Å². The molecule has 150 valence electrons. The number of rotatable bonds is 8.